The first kappa shape index (κ1) is 18.6. The van der Waals surface area contributed by atoms with Crippen LogP contribution < -0.4 is 10.9 Å². The SMILES string of the molecule is CSCC[C@H](NC(=O)C1CCCC1)c1cc(=O)[nH]c(-c2cccnc2)n1. The summed E-state index contributed by atoms with van der Waals surface area (Å²) in [5, 5.41) is 3.13. The van der Waals surface area contributed by atoms with Crippen molar-refractivity contribution in [2.24, 2.45) is 5.92 Å². The fourth-order valence-electron chi connectivity index (χ4n) is 3.30. The molecule has 0 aromatic carbocycles. The van der Waals surface area contributed by atoms with Gasteiger partial charge < -0.3 is 10.3 Å². The van der Waals surface area contributed by atoms with Crippen LogP contribution in [-0.2, 0) is 4.79 Å². The summed E-state index contributed by atoms with van der Waals surface area (Å²) in [7, 11) is 0. The molecule has 3 rings (SSSR count). The zero-order chi connectivity index (χ0) is 18.4. The summed E-state index contributed by atoms with van der Waals surface area (Å²) in [6.07, 6.45) is 10.2. The zero-order valence-electron chi connectivity index (χ0n) is 14.9. The van der Waals surface area contributed by atoms with E-state index in [9.17, 15) is 9.59 Å². The second-order valence-corrected chi connectivity index (χ2v) is 7.57. The Labute approximate surface area is 157 Å². The molecule has 1 amide bonds. The molecule has 1 aliphatic rings. The number of hydrogen-bond acceptors (Lipinski definition) is 5. The molecule has 1 aliphatic carbocycles. The van der Waals surface area contributed by atoms with Crippen LogP contribution in [0.4, 0.5) is 0 Å². The highest BCUT2D eigenvalue weighted by atomic mass is 32.2. The molecule has 0 radical (unpaired) electrons. The van der Waals surface area contributed by atoms with Gasteiger partial charge in [-0.2, -0.15) is 11.8 Å². The van der Waals surface area contributed by atoms with Crippen LogP contribution in [-0.4, -0.2) is 32.9 Å². The average molecular weight is 372 g/mol. The lowest BCUT2D eigenvalue weighted by molar-refractivity contribution is -0.125. The maximum Gasteiger partial charge on any atom is 0.251 e. The number of nitrogens with one attached hydrogen (secondary N) is 2. The molecule has 0 unspecified atom stereocenters. The van der Waals surface area contributed by atoms with E-state index in [-0.39, 0.29) is 23.4 Å². The summed E-state index contributed by atoms with van der Waals surface area (Å²) in [5.41, 5.74) is 1.13. The minimum atomic E-state index is -0.256. The summed E-state index contributed by atoms with van der Waals surface area (Å²) in [5.74, 6) is 1.53. The highest BCUT2D eigenvalue weighted by molar-refractivity contribution is 7.98. The number of pyridine rings is 1. The molecule has 1 saturated carbocycles. The summed E-state index contributed by atoms with van der Waals surface area (Å²) >= 11 is 1.71. The van der Waals surface area contributed by atoms with Crippen molar-refractivity contribution in [3.05, 3.63) is 46.6 Å². The minimum Gasteiger partial charge on any atom is -0.347 e. The number of hydrogen-bond donors (Lipinski definition) is 2. The number of aromatic amines is 1. The Morgan fingerprint density at radius 2 is 2.23 bits per heavy atom. The van der Waals surface area contributed by atoms with E-state index >= 15 is 0 Å². The van der Waals surface area contributed by atoms with Gasteiger partial charge >= 0.3 is 0 Å². The van der Waals surface area contributed by atoms with E-state index in [0.29, 0.717) is 11.5 Å². The van der Waals surface area contributed by atoms with E-state index in [2.05, 4.69) is 20.3 Å². The van der Waals surface area contributed by atoms with Crippen LogP contribution in [0, 0.1) is 5.92 Å². The Morgan fingerprint density at radius 3 is 2.92 bits per heavy atom. The van der Waals surface area contributed by atoms with Gasteiger partial charge in [-0.25, -0.2) is 4.98 Å². The van der Waals surface area contributed by atoms with E-state index in [1.54, 1.807) is 30.2 Å². The fraction of sp³-hybridized carbons (Fsp3) is 0.474. The lowest BCUT2D eigenvalue weighted by atomic mass is 10.1. The summed E-state index contributed by atoms with van der Waals surface area (Å²) in [4.78, 5) is 36.2. The van der Waals surface area contributed by atoms with E-state index < -0.39 is 0 Å². The Balaban J connectivity index is 1.86. The van der Waals surface area contributed by atoms with Gasteiger partial charge in [0.05, 0.1) is 11.7 Å². The van der Waals surface area contributed by atoms with Crippen LogP contribution in [0.25, 0.3) is 11.4 Å². The van der Waals surface area contributed by atoms with Crippen LogP contribution >= 0.6 is 11.8 Å². The summed E-state index contributed by atoms with van der Waals surface area (Å²) < 4.78 is 0. The molecule has 2 heterocycles. The van der Waals surface area contributed by atoms with Gasteiger partial charge in [0.1, 0.15) is 5.82 Å². The van der Waals surface area contributed by atoms with Crippen molar-refractivity contribution >= 4 is 17.7 Å². The molecule has 0 bridgehead atoms. The molecule has 26 heavy (non-hydrogen) atoms. The molecule has 2 aromatic rings. The monoisotopic (exact) mass is 372 g/mol. The fourth-order valence-corrected chi connectivity index (χ4v) is 3.77. The number of aromatic nitrogens is 3. The third-order valence-corrected chi connectivity index (χ3v) is 5.35. The molecule has 1 atom stereocenters. The second-order valence-electron chi connectivity index (χ2n) is 6.58. The molecular weight excluding hydrogens is 348 g/mol. The van der Waals surface area contributed by atoms with E-state index in [4.69, 9.17) is 0 Å². The topological polar surface area (TPSA) is 87.7 Å². The Bertz CT molecular complexity index is 788. The maximum absolute atomic E-state index is 12.6. The highest BCUT2D eigenvalue weighted by Gasteiger charge is 2.26. The molecular formula is C19H24N4O2S. The molecule has 0 spiro atoms. The molecule has 6 nitrogen and oxygen atoms in total. The Hall–Kier alpha value is -2.15. The number of carbonyl (C=O) groups is 1. The minimum absolute atomic E-state index is 0.0820. The number of amides is 1. The van der Waals surface area contributed by atoms with Gasteiger partial charge in [-0.15, -0.1) is 0 Å². The number of H-pyrrole nitrogens is 1. The first-order chi connectivity index (χ1) is 12.7. The molecule has 7 heteroatoms. The molecule has 138 valence electrons. The van der Waals surface area contributed by atoms with Gasteiger partial charge in [-0.3, -0.25) is 14.6 Å². The van der Waals surface area contributed by atoms with Crippen molar-refractivity contribution in [1.82, 2.24) is 20.3 Å². The predicted molar refractivity (Wildman–Crippen MR) is 104 cm³/mol. The van der Waals surface area contributed by atoms with E-state index in [1.165, 1.54) is 6.07 Å². The van der Waals surface area contributed by atoms with Crippen LogP contribution in [0.15, 0.2) is 35.4 Å². The van der Waals surface area contributed by atoms with Crippen LogP contribution in [0.2, 0.25) is 0 Å². The van der Waals surface area contributed by atoms with Crippen molar-refractivity contribution in [3.63, 3.8) is 0 Å². The zero-order valence-corrected chi connectivity index (χ0v) is 15.7. The van der Waals surface area contributed by atoms with Crippen molar-refractivity contribution in [2.75, 3.05) is 12.0 Å². The lowest BCUT2D eigenvalue weighted by Crippen LogP contribution is -2.34. The summed E-state index contributed by atoms with van der Waals surface area (Å²) in [6.45, 7) is 0. The standard InChI is InChI=1S/C19H24N4O2S/c1-26-10-8-15(22-19(25)13-5-2-3-6-13)16-11-17(24)23-18(21-16)14-7-4-9-20-12-14/h4,7,9,11-13,15H,2-3,5-6,8,10H2,1H3,(H,22,25)(H,21,23,24)/t15-/m0/s1. The molecule has 2 aromatic heterocycles. The van der Waals surface area contributed by atoms with Gasteiger partial charge in [-0.05, 0) is 43.4 Å². The van der Waals surface area contributed by atoms with Gasteiger partial charge in [0.25, 0.3) is 5.56 Å². The first-order valence-corrected chi connectivity index (χ1v) is 10.4. The van der Waals surface area contributed by atoms with Crippen LogP contribution in [0.3, 0.4) is 0 Å². The third kappa shape index (κ3) is 4.72. The van der Waals surface area contributed by atoms with Crippen molar-refractivity contribution in [1.29, 1.82) is 0 Å². The number of nitrogens with zero attached hydrogens (tertiary/aromatic N) is 2. The van der Waals surface area contributed by atoms with Gasteiger partial charge in [0.15, 0.2) is 0 Å². The first-order valence-electron chi connectivity index (χ1n) is 8.98. The second kappa shape index (κ2) is 8.98. The van der Waals surface area contributed by atoms with Crippen LogP contribution in [0.5, 0.6) is 0 Å². The number of carbonyl (C=O) groups excluding carboxylic acids is 1. The normalized spacial score (nSPS) is 15.7. The number of thioether (sulfide) groups is 1. The molecule has 0 saturated heterocycles. The van der Waals surface area contributed by atoms with Gasteiger partial charge in [0, 0.05) is 29.9 Å². The largest absolute Gasteiger partial charge is 0.347 e. The number of rotatable bonds is 7. The van der Waals surface area contributed by atoms with Crippen molar-refractivity contribution in [3.8, 4) is 11.4 Å². The quantitative estimate of drug-likeness (QED) is 0.780. The van der Waals surface area contributed by atoms with Gasteiger partial charge in [0.2, 0.25) is 5.91 Å². The lowest BCUT2D eigenvalue weighted by Gasteiger charge is -2.20. The average Bonchev–Trinajstić information content (AvgIpc) is 3.20. The molecule has 1 fully saturated rings. The van der Waals surface area contributed by atoms with Crippen molar-refractivity contribution < 1.29 is 4.79 Å². The Morgan fingerprint density at radius 1 is 1.42 bits per heavy atom. The van der Waals surface area contributed by atoms with Gasteiger partial charge in [-0.1, -0.05) is 12.8 Å². The summed E-state index contributed by atoms with van der Waals surface area (Å²) in [6, 6.07) is 4.88. The van der Waals surface area contributed by atoms with Crippen molar-refractivity contribution in [2.45, 2.75) is 38.1 Å². The molecule has 0 aliphatic heterocycles. The van der Waals surface area contributed by atoms with E-state index in [0.717, 1.165) is 43.4 Å². The molecule has 2 N–H and O–H groups in total. The Kier molecular flexibility index (Phi) is 6.44. The van der Waals surface area contributed by atoms with Crippen LogP contribution in [0.1, 0.15) is 43.8 Å². The smallest absolute Gasteiger partial charge is 0.251 e. The maximum atomic E-state index is 12.6. The van der Waals surface area contributed by atoms with E-state index in [1.807, 2.05) is 12.3 Å². The third-order valence-electron chi connectivity index (χ3n) is 4.71. The predicted octanol–water partition coefficient (Wildman–Crippen LogP) is 2.93. The highest BCUT2D eigenvalue weighted by Crippen LogP contribution is 2.26.